The number of aryl methyl sites for hydroxylation is 1. The molecule has 0 radical (unpaired) electrons. The van der Waals surface area contributed by atoms with Crippen molar-refractivity contribution in [3.05, 3.63) is 211 Å². The molecule has 0 unspecified atom stereocenters. The lowest BCUT2D eigenvalue weighted by molar-refractivity contribution is 0.998. The Balaban J connectivity index is 0.972. The van der Waals surface area contributed by atoms with Gasteiger partial charge in [-0.1, -0.05) is 176 Å². The molecule has 11 aromatic rings. The minimum Gasteiger partial charge on any atom is -0.252 e. The maximum Gasteiger partial charge on any atom is 0.0979 e. The van der Waals surface area contributed by atoms with Gasteiger partial charge in [0.1, 0.15) is 0 Å². The number of nitrogens with zero attached hydrogens (tertiary/aromatic N) is 2. The van der Waals surface area contributed by atoms with Crippen LogP contribution >= 0.6 is 11.3 Å². The van der Waals surface area contributed by atoms with E-state index in [2.05, 4.69) is 200 Å². The molecule has 0 saturated heterocycles. The van der Waals surface area contributed by atoms with Crippen molar-refractivity contribution in [1.29, 1.82) is 0 Å². The Morgan fingerprint density at radius 2 is 0.951 bits per heavy atom. The standard InChI is InChI=1S/C58H38N2S/c1-3-11-37(12-4-1)39-19-23-41(24-20-39)45-31-32-55-52(33-45)53-35-46(42-25-21-40(22-26-42)38-13-5-2-6-14-38)34-51(58(53)61-55)43-27-29-44(30-28-43)54-36-59-56-49-17-9-7-15-47(49)48-16-8-10-18-50(48)57(56)60-54/h1-6,8-14,16-36H,7,15H2. The second-order valence-electron chi connectivity index (χ2n) is 16.0. The summed E-state index contributed by atoms with van der Waals surface area (Å²) in [5.74, 6) is 0. The average Bonchev–Trinajstić information content (AvgIpc) is 3.72. The molecule has 0 atom stereocenters. The van der Waals surface area contributed by atoms with E-state index < -0.39 is 0 Å². The van der Waals surface area contributed by atoms with Gasteiger partial charge in [-0.05, 0) is 98.1 Å². The number of thiophene rings is 1. The summed E-state index contributed by atoms with van der Waals surface area (Å²) < 4.78 is 2.57. The number of benzene rings is 9. The molecule has 12 rings (SSSR count). The zero-order valence-electron chi connectivity index (χ0n) is 33.3. The lowest BCUT2D eigenvalue weighted by atomic mass is 9.90. The van der Waals surface area contributed by atoms with Crippen LogP contribution in [0.25, 0.3) is 115 Å². The summed E-state index contributed by atoms with van der Waals surface area (Å²) in [5.41, 5.74) is 18.6. The topological polar surface area (TPSA) is 25.8 Å². The molecule has 2 heterocycles. The highest BCUT2D eigenvalue weighted by Gasteiger charge is 2.19. The van der Waals surface area contributed by atoms with Crippen molar-refractivity contribution in [3.8, 4) is 66.9 Å². The van der Waals surface area contributed by atoms with Gasteiger partial charge in [-0.15, -0.1) is 11.3 Å². The van der Waals surface area contributed by atoms with Gasteiger partial charge in [0.05, 0.1) is 22.9 Å². The van der Waals surface area contributed by atoms with Crippen LogP contribution < -0.4 is 0 Å². The Morgan fingerprint density at radius 3 is 1.64 bits per heavy atom. The van der Waals surface area contributed by atoms with Crippen molar-refractivity contribution in [1.82, 2.24) is 9.97 Å². The van der Waals surface area contributed by atoms with Gasteiger partial charge in [-0.25, -0.2) is 4.98 Å². The predicted octanol–water partition coefficient (Wildman–Crippen LogP) is 16.1. The number of rotatable bonds is 6. The predicted molar refractivity (Wildman–Crippen MR) is 260 cm³/mol. The maximum atomic E-state index is 5.30. The Labute approximate surface area is 358 Å². The SMILES string of the molecule is C1=Cc2c(c3ccccc3c3nc(-c4ccc(-c5cc(-c6ccc(-c7ccccc7)cc6)cc6c5sc5ccc(-c7ccc(-c8ccccc8)cc7)cc56)cc4)cnc23)CC1. The second kappa shape index (κ2) is 14.7. The van der Waals surface area contributed by atoms with E-state index in [0.717, 1.165) is 35.1 Å². The van der Waals surface area contributed by atoms with Crippen LogP contribution in [0.1, 0.15) is 17.5 Å². The summed E-state index contributed by atoms with van der Waals surface area (Å²) in [6.45, 7) is 0. The molecule has 9 aromatic carbocycles. The first-order chi connectivity index (χ1) is 30.2. The Hall–Kier alpha value is -7.46. The van der Waals surface area contributed by atoms with Gasteiger partial charge in [0.25, 0.3) is 0 Å². The summed E-state index contributed by atoms with van der Waals surface area (Å²) in [5, 5.41) is 5.01. The van der Waals surface area contributed by atoms with Crippen LogP contribution in [-0.4, -0.2) is 9.97 Å². The van der Waals surface area contributed by atoms with Gasteiger partial charge < -0.3 is 0 Å². The molecule has 1 aliphatic rings. The summed E-state index contributed by atoms with van der Waals surface area (Å²) in [6, 6.07) is 68.5. The van der Waals surface area contributed by atoms with Gasteiger partial charge in [-0.2, -0.15) is 0 Å². The number of allylic oxidation sites excluding steroid dienone is 1. The van der Waals surface area contributed by atoms with E-state index in [0.29, 0.717) is 0 Å². The highest BCUT2D eigenvalue weighted by molar-refractivity contribution is 7.26. The third kappa shape index (κ3) is 6.25. The molecule has 61 heavy (non-hydrogen) atoms. The second-order valence-corrected chi connectivity index (χ2v) is 17.1. The summed E-state index contributed by atoms with van der Waals surface area (Å²) in [7, 11) is 0. The summed E-state index contributed by atoms with van der Waals surface area (Å²) in [4.78, 5) is 10.4. The number of fused-ring (bicyclic) bond motifs is 9. The molecule has 0 saturated carbocycles. The maximum absolute atomic E-state index is 5.30. The Kier molecular flexibility index (Phi) is 8.53. The first kappa shape index (κ1) is 35.5. The number of aromatic nitrogens is 2. The molecular weight excluding hydrogens is 757 g/mol. The van der Waals surface area contributed by atoms with Gasteiger partial charge >= 0.3 is 0 Å². The molecule has 3 heteroatoms. The van der Waals surface area contributed by atoms with Crippen LogP contribution in [-0.2, 0) is 6.42 Å². The van der Waals surface area contributed by atoms with Crippen molar-refractivity contribution in [2.75, 3.05) is 0 Å². The number of hydrogen-bond donors (Lipinski definition) is 0. The van der Waals surface area contributed by atoms with Crippen molar-refractivity contribution >= 4 is 59.4 Å². The Morgan fingerprint density at radius 1 is 0.410 bits per heavy atom. The molecule has 0 fully saturated rings. The zero-order chi connectivity index (χ0) is 40.3. The normalized spacial score (nSPS) is 12.4. The third-order valence-corrected chi connectivity index (χ3v) is 13.6. The third-order valence-electron chi connectivity index (χ3n) is 12.4. The minimum atomic E-state index is 0.882. The van der Waals surface area contributed by atoms with Crippen LogP contribution in [0.4, 0.5) is 0 Å². The molecule has 286 valence electrons. The lowest BCUT2D eigenvalue weighted by Gasteiger charge is -2.17. The molecule has 1 aliphatic carbocycles. The highest BCUT2D eigenvalue weighted by Crippen LogP contribution is 2.45. The van der Waals surface area contributed by atoms with Gasteiger partial charge in [-0.3, -0.25) is 4.98 Å². The molecular formula is C58H38N2S. The quantitative estimate of drug-likeness (QED) is 0.157. The van der Waals surface area contributed by atoms with Crippen LogP contribution in [0.15, 0.2) is 200 Å². The molecule has 0 spiro atoms. The molecule has 0 N–H and O–H groups in total. The molecule has 0 bridgehead atoms. The minimum absolute atomic E-state index is 0.882. The molecule has 2 aromatic heterocycles. The fourth-order valence-electron chi connectivity index (χ4n) is 9.26. The van der Waals surface area contributed by atoms with E-state index >= 15 is 0 Å². The van der Waals surface area contributed by atoms with Gasteiger partial charge in [0, 0.05) is 42.2 Å². The van der Waals surface area contributed by atoms with E-state index in [1.807, 2.05) is 17.5 Å². The monoisotopic (exact) mass is 794 g/mol. The van der Waals surface area contributed by atoms with E-state index in [9.17, 15) is 0 Å². The zero-order valence-corrected chi connectivity index (χ0v) is 34.2. The molecule has 0 amide bonds. The van der Waals surface area contributed by atoms with E-state index in [1.165, 1.54) is 97.7 Å². The van der Waals surface area contributed by atoms with Crippen molar-refractivity contribution < 1.29 is 0 Å². The highest BCUT2D eigenvalue weighted by atomic mass is 32.1. The summed E-state index contributed by atoms with van der Waals surface area (Å²) >= 11 is 1.88. The summed E-state index contributed by atoms with van der Waals surface area (Å²) in [6.07, 6.45) is 8.54. The fraction of sp³-hybridized carbons (Fsp3) is 0.0345. The van der Waals surface area contributed by atoms with Crippen molar-refractivity contribution in [2.45, 2.75) is 12.8 Å². The first-order valence-electron chi connectivity index (χ1n) is 21.0. The average molecular weight is 795 g/mol. The van der Waals surface area contributed by atoms with Gasteiger partial charge in [0.2, 0.25) is 0 Å². The van der Waals surface area contributed by atoms with E-state index in [4.69, 9.17) is 9.97 Å². The smallest absolute Gasteiger partial charge is 0.0979 e. The van der Waals surface area contributed by atoms with Crippen molar-refractivity contribution in [3.63, 3.8) is 0 Å². The molecule has 2 nitrogen and oxygen atoms in total. The Bertz CT molecular complexity index is 3470. The van der Waals surface area contributed by atoms with Crippen LogP contribution in [0, 0.1) is 0 Å². The van der Waals surface area contributed by atoms with E-state index in [-0.39, 0.29) is 0 Å². The fourth-order valence-corrected chi connectivity index (χ4v) is 10.5. The first-order valence-corrected chi connectivity index (χ1v) is 21.8. The van der Waals surface area contributed by atoms with Crippen LogP contribution in [0.5, 0.6) is 0 Å². The van der Waals surface area contributed by atoms with Crippen LogP contribution in [0.3, 0.4) is 0 Å². The van der Waals surface area contributed by atoms with Crippen molar-refractivity contribution in [2.24, 2.45) is 0 Å². The van der Waals surface area contributed by atoms with Gasteiger partial charge in [0.15, 0.2) is 0 Å². The number of hydrogen-bond acceptors (Lipinski definition) is 3. The van der Waals surface area contributed by atoms with Crippen LogP contribution in [0.2, 0.25) is 0 Å². The largest absolute Gasteiger partial charge is 0.252 e. The lowest BCUT2D eigenvalue weighted by Crippen LogP contribution is -2.00. The van der Waals surface area contributed by atoms with E-state index in [1.54, 1.807) is 0 Å². The molecule has 0 aliphatic heterocycles.